The number of hydrogen-bond acceptors (Lipinski definition) is 4. The number of aryl methyl sites for hydroxylation is 1. The maximum atomic E-state index is 6.08. The quantitative estimate of drug-likeness (QED) is 0.844. The van der Waals surface area contributed by atoms with Gasteiger partial charge in [0.25, 0.3) is 0 Å². The van der Waals surface area contributed by atoms with Crippen molar-refractivity contribution in [2.75, 3.05) is 17.7 Å². The fraction of sp³-hybridized carbons (Fsp3) is 0.750. The third-order valence-corrected chi connectivity index (χ3v) is 3.32. The third kappa shape index (κ3) is 2.24. The van der Waals surface area contributed by atoms with Crippen molar-refractivity contribution in [2.45, 2.75) is 52.3 Å². The number of anilines is 2. The topological polar surface area (TPSA) is 65.1 Å². The Labute approximate surface area is 102 Å². The van der Waals surface area contributed by atoms with Gasteiger partial charge < -0.3 is 15.8 Å². The summed E-state index contributed by atoms with van der Waals surface area (Å²) in [4.78, 5) is 0. The number of ether oxygens (including phenoxy) is 1. The lowest BCUT2D eigenvalue weighted by atomic mass is 10.1. The molecule has 1 saturated heterocycles. The van der Waals surface area contributed by atoms with Gasteiger partial charge in [0.05, 0.1) is 23.5 Å². The summed E-state index contributed by atoms with van der Waals surface area (Å²) in [6.45, 7) is 9.04. The summed E-state index contributed by atoms with van der Waals surface area (Å²) >= 11 is 0. The molecule has 17 heavy (non-hydrogen) atoms. The van der Waals surface area contributed by atoms with Crippen LogP contribution >= 0.6 is 0 Å². The fourth-order valence-electron chi connectivity index (χ4n) is 2.17. The Morgan fingerprint density at radius 3 is 2.76 bits per heavy atom. The van der Waals surface area contributed by atoms with Gasteiger partial charge in [-0.1, -0.05) is 0 Å². The van der Waals surface area contributed by atoms with Crippen LogP contribution in [0.1, 0.15) is 38.9 Å². The highest BCUT2D eigenvalue weighted by Crippen LogP contribution is 2.28. The molecule has 2 unspecified atom stereocenters. The summed E-state index contributed by atoms with van der Waals surface area (Å²) in [5.74, 6) is 0.930. The van der Waals surface area contributed by atoms with Crippen LogP contribution in [0.3, 0.4) is 0 Å². The molecule has 0 aromatic carbocycles. The van der Waals surface area contributed by atoms with Crippen molar-refractivity contribution < 1.29 is 4.74 Å². The van der Waals surface area contributed by atoms with Crippen LogP contribution in [-0.4, -0.2) is 28.5 Å². The molecule has 0 spiro atoms. The number of hydrogen-bond donors (Lipinski definition) is 2. The van der Waals surface area contributed by atoms with Gasteiger partial charge in [0.2, 0.25) is 0 Å². The molecule has 0 aliphatic carbocycles. The van der Waals surface area contributed by atoms with E-state index in [4.69, 9.17) is 10.5 Å². The minimum Gasteiger partial charge on any atom is -0.394 e. The first-order valence-electron chi connectivity index (χ1n) is 6.23. The largest absolute Gasteiger partial charge is 0.394 e. The number of nitrogens with one attached hydrogen (secondary N) is 1. The Bertz CT molecular complexity index is 399. The third-order valence-electron chi connectivity index (χ3n) is 3.32. The molecule has 5 heteroatoms. The molecule has 0 bridgehead atoms. The smallest absolute Gasteiger partial charge is 0.148 e. The van der Waals surface area contributed by atoms with Crippen molar-refractivity contribution in [1.29, 1.82) is 0 Å². The van der Waals surface area contributed by atoms with E-state index >= 15 is 0 Å². The van der Waals surface area contributed by atoms with Crippen LogP contribution in [0.5, 0.6) is 0 Å². The van der Waals surface area contributed by atoms with E-state index in [0.29, 0.717) is 12.1 Å². The SMILES string of the molecule is Cc1nn(C(C)C)c(NC2CCOC2C)c1N. The van der Waals surface area contributed by atoms with Crippen LogP contribution < -0.4 is 11.1 Å². The lowest BCUT2D eigenvalue weighted by Gasteiger charge is -2.20. The molecule has 96 valence electrons. The molecule has 1 aliphatic rings. The van der Waals surface area contributed by atoms with Gasteiger partial charge in [-0.05, 0) is 34.1 Å². The van der Waals surface area contributed by atoms with Crippen LogP contribution in [0.25, 0.3) is 0 Å². The molecular weight excluding hydrogens is 216 g/mol. The van der Waals surface area contributed by atoms with Crippen molar-refractivity contribution in [3.8, 4) is 0 Å². The molecule has 0 radical (unpaired) electrons. The van der Waals surface area contributed by atoms with Crippen LogP contribution in [-0.2, 0) is 4.74 Å². The first-order chi connectivity index (χ1) is 8.00. The predicted octanol–water partition coefficient (Wildman–Crippen LogP) is 1.94. The van der Waals surface area contributed by atoms with Crippen molar-refractivity contribution in [3.63, 3.8) is 0 Å². The number of aromatic nitrogens is 2. The second-order valence-electron chi connectivity index (χ2n) is 5.00. The highest BCUT2D eigenvalue weighted by atomic mass is 16.5. The Morgan fingerprint density at radius 2 is 2.24 bits per heavy atom. The highest BCUT2D eigenvalue weighted by molar-refractivity contribution is 5.65. The minimum absolute atomic E-state index is 0.227. The van der Waals surface area contributed by atoms with E-state index in [-0.39, 0.29) is 6.10 Å². The monoisotopic (exact) mass is 238 g/mol. The fourth-order valence-corrected chi connectivity index (χ4v) is 2.17. The molecule has 2 rings (SSSR count). The second-order valence-corrected chi connectivity index (χ2v) is 5.00. The van der Waals surface area contributed by atoms with Gasteiger partial charge in [-0.15, -0.1) is 0 Å². The molecule has 3 N–H and O–H groups in total. The van der Waals surface area contributed by atoms with Crippen LogP contribution in [0.4, 0.5) is 11.5 Å². The summed E-state index contributed by atoms with van der Waals surface area (Å²) < 4.78 is 7.51. The predicted molar refractivity (Wildman–Crippen MR) is 69.2 cm³/mol. The normalized spacial score (nSPS) is 24.5. The van der Waals surface area contributed by atoms with Gasteiger partial charge in [-0.3, -0.25) is 0 Å². The van der Waals surface area contributed by atoms with Gasteiger partial charge >= 0.3 is 0 Å². The van der Waals surface area contributed by atoms with E-state index in [9.17, 15) is 0 Å². The van der Waals surface area contributed by atoms with Gasteiger partial charge in [0, 0.05) is 12.6 Å². The van der Waals surface area contributed by atoms with Crippen molar-refractivity contribution >= 4 is 11.5 Å². The summed E-state index contributed by atoms with van der Waals surface area (Å²) in [6, 6.07) is 0.622. The molecular formula is C12H22N4O. The van der Waals surface area contributed by atoms with Crippen LogP contribution in [0.2, 0.25) is 0 Å². The van der Waals surface area contributed by atoms with Crippen LogP contribution in [0, 0.1) is 6.92 Å². The van der Waals surface area contributed by atoms with E-state index in [1.165, 1.54) is 0 Å². The zero-order chi connectivity index (χ0) is 12.6. The maximum Gasteiger partial charge on any atom is 0.148 e. The molecule has 0 amide bonds. The molecule has 5 nitrogen and oxygen atoms in total. The van der Waals surface area contributed by atoms with Gasteiger partial charge in [-0.25, -0.2) is 4.68 Å². The van der Waals surface area contributed by atoms with Gasteiger partial charge in [0.15, 0.2) is 0 Å². The highest BCUT2D eigenvalue weighted by Gasteiger charge is 2.26. The Morgan fingerprint density at radius 1 is 1.53 bits per heavy atom. The summed E-state index contributed by atoms with van der Waals surface area (Å²) in [5, 5.41) is 7.95. The molecule has 0 saturated carbocycles. The zero-order valence-corrected chi connectivity index (χ0v) is 11.0. The van der Waals surface area contributed by atoms with E-state index in [2.05, 4.69) is 31.2 Å². The Kier molecular flexibility index (Phi) is 3.28. The molecule has 1 aromatic rings. The van der Waals surface area contributed by atoms with Crippen LogP contribution in [0.15, 0.2) is 0 Å². The van der Waals surface area contributed by atoms with Crippen molar-refractivity contribution in [3.05, 3.63) is 5.69 Å². The van der Waals surface area contributed by atoms with E-state index in [0.717, 1.165) is 30.2 Å². The second kappa shape index (κ2) is 4.56. The van der Waals surface area contributed by atoms with Crippen molar-refractivity contribution in [1.82, 2.24) is 9.78 Å². The molecule has 1 aromatic heterocycles. The lowest BCUT2D eigenvalue weighted by molar-refractivity contribution is 0.121. The van der Waals surface area contributed by atoms with E-state index in [1.54, 1.807) is 0 Å². The molecule has 2 atom stereocenters. The first kappa shape index (κ1) is 12.2. The molecule has 1 aliphatic heterocycles. The average Bonchev–Trinajstić information content (AvgIpc) is 2.78. The number of nitrogens with zero attached hydrogens (tertiary/aromatic N) is 2. The zero-order valence-electron chi connectivity index (χ0n) is 11.0. The number of nitrogens with two attached hydrogens (primary N) is 1. The van der Waals surface area contributed by atoms with Crippen molar-refractivity contribution in [2.24, 2.45) is 0 Å². The summed E-state index contributed by atoms with van der Waals surface area (Å²) in [6.07, 6.45) is 1.24. The first-order valence-corrected chi connectivity index (χ1v) is 6.23. The van der Waals surface area contributed by atoms with E-state index < -0.39 is 0 Å². The average molecular weight is 238 g/mol. The van der Waals surface area contributed by atoms with E-state index in [1.807, 2.05) is 11.6 Å². The Hall–Kier alpha value is -1.23. The number of nitrogen functional groups attached to an aromatic ring is 1. The minimum atomic E-state index is 0.227. The Balaban J connectivity index is 2.24. The van der Waals surface area contributed by atoms with Gasteiger partial charge in [0.1, 0.15) is 5.82 Å². The summed E-state index contributed by atoms with van der Waals surface area (Å²) in [7, 11) is 0. The number of rotatable bonds is 3. The maximum absolute atomic E-state index is 6.08. The standard InChI is InChI=1S/C12H22N4O/c1-7(2)16-12(11(13)8(3)15-16)14-10-5-6-17-9(10)4/h7,9-10,14H,5-6,13H2,1-4H3. The lowest BCUT2D eigenvalue weighted by Crippen LogP contribution is -2.28. The van der Waals surface area contributed by atoms with Gasteiger partial charge in [-0.2, -0.15) is 5.10 Å². The summed E-state index contributed by atoms with van der Waals surface area (Å²) in [5.41, 5.74) is 7.71. The molecule has 2 heterocycles. The molecule has 1 fully saturated rings.